The molecular weight excluding hydrogens is 148 g/mol. The zero-order chi connectivity index (χ0) is 9.40. The zero-order valence-corrected chi connectivity index (χ0v) is 8.73. The number of hydrogen-bond acceptors (Lipinski definition) is 1. The van der Waals surface area contributed by atoms with E-state index < -0.39 is 0 Å². The van der Waals surface area contributed by atoms with Crippen LogP contribution in [0, 0.1) is 5.92 Å². The van der Waals surface area contributed by atoms with Crippen LogP contribution in [-0.4, -0.2) is 5.78 Å². The van der Waals surface area contributed by atoms with E-state index in [1.807, 2.05) is 6.92 Å². The summed E-state index contributed by atoms with van der Waals surface area (Å²) in [5, 5.41) is 0. The van der Waals surface area contributed by atoms with E-state index >= 15 is 0 Å². The normalized spacial score (nSPS) is 12.9. The number of rotatable bonds is 7. The first-order valence-electron chi connectivity index (χ1n) is 5.22. The lowest BCUT2D eigenvalue weighted by atomic mass is 9.98. The molecule has 0 N–H and O–H groups in total. The number of Topliss-reactive ketones (excluding diaryl/α,β-unsaturated/α-hetero) is 1. The molecular formula is C11H22O. The summed E-state index contributed by atoms with van der Waals surface area (Å²) in [6.07, 6.45) is 6.39. The van der Waals surface area contributed by atoms with Gasteiger partial charge in [-0.15, -0.1) is 0 Å². The molecule has 0 bridgehead atoms. The SMILES string of the molecule is CCCC(C)CCCC(=O)CC. The smallest absolute Gasteiger partial charge is 0.132 e. The van der Waals surface area contributed by atoms with Crippen molar-refractivity contribution in [3.05, 3.63) is 0 Å². The van der Waals surface area contributed by atoms with Gasteiger partial charge in [-0.2, -0.15) is 0 Å². The largest absolute Gasteiger partial charge is 0.300 e. The third kappa shape index (κ3) is 6.38. The number of carbonyl (C=O) groups is 1. The summed E-state index contributed by atoms with van der Waals surface area (Å²) in [6, 6.07) is 0. The van der Waals surface area contributed by atoms with Gasteiger partial charge < -0.3 is 0 Å². The van der Waals surface area contributed by atoms with Crippen molar-refractivity contribution in [2.75, 3.05) is 0 Å². The first-order valence-corrected chi connectivity index (χ1v) is 5.22. The van der Waals surface area contributed by atoms with Crippen molar-refractivity contribution in [2.45, 2.75) is 59.3 Å². The first kappa shape index (κ1) is 11.7. The summed E-state index contributed by atoms with van der Waals surface area (Å²) < 4.78 is 0. The van der Waals surface area contributed by atoms with Crippen LogP contribution in [0.5, 0.6) is 0 Å². The van der Waals surface area contributed by atoms with Crippen LogP contribution in [0.15, 0.2) is 0 Å². The van der Waals surface area contributed by atoms with E-state index in [4.69, 9.17) is 0 Å². The third-order valence-corrected chi connectivity index (χ3v) is 2.33. The van der Waals surface area contributed by atoms with Crippen LogP contribution in [0.25, 0.3) is 0 Å². The molecule has 0 aromatic rings. The Hall–Kier alpha value is -0.330. The molecule has 12 heavy (non-hydrogen) atoms. The minimum atomic E-state index is 0.415. The highest BCUT2D eigenvalue weighted by Gasteiger charge is 2.02. The predicted molar refractivity (Wildman–Crippen MR) is 53.2 cm³/mol. The van der Waals surface area contributed by atoms with Crippen molar-refractivity contribution in [2.24, 2.45) is 5.92 Å². The maximum Gasteiger partial charge on any atom is 0.132 e. The quantitative estimate of drug-likeness (QED) is 0.571. The van der Waals surface area contributed by atoms with E-state index in [-0.39, 0.29) is 0 Å². The first-order chi connectivity index (χ1) is 5.70. The maximum atomic E-state index is 11.0. The second-order valence-corrected chi connectivity index (χ2v) is 3.68. The summed E-state index contributed by atoms with van der Waals surface area (Å²) in [5.41, 5.74) is 0. The monoisotopic (exact) mass is 170 g/mol. The van der Waals surface area contributed by atoms with Crippen LogP contribution in [0.3, 0.4) is 0 Å². The Morgan fingerprint density at radius 3 is 2.42 bits per heavy atom. The molecule has 0 amide bonds. The molecule has 0 saturated heterocycles. The molecule has 0 radical (unpaired) electrons. The van der Waals surface area contributed by atoms with Crippen molar-refractivity contribution in [1.29, 1.82) is 0 Å². The molecule has 0 aromatic carbocycles. The Balaban J connectivity index is 3.24. The molecule has 0 aliphatic heterocycles. The molecule has 0 aliphatic rings. The fraction of sp³-hybridized carbons (Fsp3) is 0.909. The van der Waals surface area contributed by atoms with Gasteiger partial charge in [-0.05, 0) is 12.3 Å². The highest BCUT2D eigenvalue weighted by molar-refractivity contribution is 5.77. The van der Waals surface area contributed by atoms with E-state index in [0.29, 0.717) is 12.2 Å². The van der Waals surface area contributed by atoms with E-state index in [1.165, 1.54) is 19.3 Å². The molecule has 0 saturated carbocycles. The molecule has 0 spiro atoms. The van der Waals surface area contributed by atoms with Crippen LogP contribution in [0.1, 0.15) is 59.3 Å². The highest BCUT2D eigenvalue weighted by Crippen LogP contribution is 2.13. The molecule has 0 heterocycles. The van der Waals surface area contributed by atoms with Crippen molar-refractivity contribution < 1.29 is 4.79 Å². The molecule has 0 rings (SSSR count). The van der Waals surface area contributed by atoms with Gasteiger partial charge in [0, 0.05) is 12.8 Å². The standard InChI is InChI=1S/C11H22O/c1-4-7-10(3)8-6-9-11(12)5-2/h10H,4-9H2,1-3H3. The van der Waals surface area contributed by atoms with Crippen LogP contribution in [0.2, 0.25) is 0 Å². The van der Waals surface area contributed by atoms with Crippen LogP contribution in [0.4, 0.5) is 0 Å². The third-order valence-electron chi connectivity index (χ3n) is 2.33. The fourth-order valence-electron chi connectivity index (χ4n) is 1.46. The second kappa shape index (κ2) is 7.33. The minimum Gasteiger partial charge on any atom is -0.300 e. The van der Waals surface area contributed by atoms with Crippen molar-refractivity contribution in [3.63, 3.8) is 0 Å². The lowest BCUT2D eigenvalue weighted by molar-refractivity contribution is -0.118. The number of carbonyl (C=O) groups excluding carboxylic acids is 1. The Kier molecular flexibility index (Phi) is 7.12. The average Bonchev–Trinajstić information content (AvgIpc) is 2.04. The molecule has 0 aliphatic carbocycles. The highest BCUT2D eigenvalue weighted by atomic mass is 16.1. The predicted octanol–water partition coefficient (Wildman–Crippen LogP) is 3.57. The van der Waals surface area contributed by atoms with E-state index in [2.05, 4.69) is 13.8 Å². The molecule has 0 fully saturated rings. The van der Waals surface area contributed by atoms with Crippen molar-refractivity contribution >= 4 is 5.78 Å². The minimum absolute atomic E-state index is 0.415. The summed E-state index contributed by atoms with van der Waals surface area (Å²) >= 11 is 0. The van der Waals surface area contributed by atoms with Gasteiger partial charge in [-0.25, -0.2) is 0 Å². The van der Waals surface area contributed by atoms with Gasteiger partial charge in [0.2, 0.25) is 0 Å². The van der Waals surface area contributed by atoms with Gasteiger partial charge >= 0.3 is 0 Å². The van der Waals surface area contributed by atoms with E-state index in [0.717, 1.165) is 18.8 Å². The molecule has 1 atom stereocenters. The van der Waals surface area contributed by atoms with Gasteiger partial charge in [-0.1, -0.05) is 40.0 Å². The fourth-order valence-corrected chi connectivity index (χ4v) is 1.46. The molecule has 1 heteroatoms. The average molecular weight is 170 g/mol. The lowest BCUT2D eigenvalue weighted by Crippen LogP contribution is -1.98. The molecule has 72 valence electrons. The molecule has 1 unspecified atom stereocenters. The Labute approximate surface area is 76.6 Å². The van der Waals surface area contributed by atoms with Crippen molar-refractivity contribution in [3.8, 4) is 0 Å². The van der Waals surface area contributed by atoms with Gasteiger partial charge in [0.1, 0.15) is 5.78 Å². The van der Waals surface area contributed by atoms with Crippen LogP contribution >= 0.6 is 0 Å². The second-order valence-electron chi connectivity index (χ2n) is 3.68. The Bertz CT molecular complexity index is 118. The summed E-state index contributed by atoms with van der Waals surface area (Å²) in [6.45, 7) is 6.44. The zero-order valence-electron chi connectivity index (χ0n) is 8.73. The summed E-state index contributed by atoms with van der Waals surface area (Å²) in [5.74, 6) is 1.22. The van der Waals surface area contributed by atoms with Crippen molar-refractivity contribution in [1.82, 2.24) is 0 Å². The van der Waals surface area contributed by atoms with E-state index in [1.54, 1.807) is 0 Å². The van der Waals surface area contributed by atoms with Gasteiger partial charge in [0.05, 0.1) is 0 Å². The van der Waals surface area contributed by atoms with Gasteiger partial charge in [-0.3, -0.25) is 4.79 Å². The van der Waals surface area contributed by atoms with E-state index in [9.17, 15) is 4.79 Å². The maximum absolute atomic E-state index is 11.0. The number of hydrogen-bond donors (Lipinski definition) is 0. The topological polar surface area (TPSA) is 17.1 Å². The number of ketones is 1. The molecule has 1 nitrogen and oxygen atoms in total. The summed E-state index contributed by atoms with van der Waals surface area (Å²) in [4.78, 5) is 11.0. The molecule has 0 aromatic heterocycles. The van der Waals surface area contributed by atoms with Gasteiger partial charge in [0.15, 0.2) is 0 Å². The summed E-state index contributed by atoms with van der Waals surface area (Å²) in [7, 11) is 0. The Morgan fingerprint density at radius 2 is 1.92 bits per heavy atom. The van der Waals surface area contributed by atoms with Crippen LogP contribution in [-0.2, 0) is 4.79 Å². The van der Waals surface area contributed by atoms with Crippen LogP contribution < -0.4 is 0 Å². The lowest BCUT2D eigenvalue weighted by Gasteiger charge is -2.08. The van der Waals surface area contributed by atoms with Gasteiger partial charge in [0.25, 0.3) is 0 Å². The Morgan fingerprint density at radius 1 is 1.25 bits per heavy atom.